The molecule has 0 saturated carbocycles. The Morgan fingerprint density at radius 3 is 1.85 bits per heavy atom. The number of hydrogen-bond donors (Lipinski definition) is 3. The molecule has 0 aromatic rings. The van der Waals surface area contributed by atoms with Gasteiger partial charge in [-0.1, -0.05) is 13.8 Å². The molecule has 3 N–H and O–H groups in total. The van der Waals surface area contributed by atoms with E-state index in [1.165, 1.54) is 20.8 Å². The average molecular weight is 288 g/mol. The van der Waals surface area contributed by atoms with Crippen molar-refractivity contribution in [3.05, 3.63) is 0 Å². The lowest BCUT2D eigenvalue weighted by molar-refractivity contribution is -0.141. The summed E-state index contributed by atoms with van der Waals surface area (Å²) in [4.78, 5) is 44.0. The van der Waals surface area contributed by atoms with Crippen LogP contribution in [0.1, 0.15) is 47.5 Å². The highest BCUT2D eigenvalue weighted by Gasteiger charge is 2.17. The van der Waals surface area contributed by atoms with Crippen LogP contribution >= 0.6 is 0 Å². The van der Waals surface area contributed by atoms with Crippen molar-refractivity contribution < 1.29 is 24.3 Å². The molecule has 0 unspecified atom stereocenters. The number of ketones is 1. The van der Waals surface area contributed by atoms with Crippen LogP contribution < -0.4 is 10.6 Å². The van der Waals surface area contributed by atoms with Crippen molar-refractivity contribution in [2.24, 2.45) is 0 Å². The van der Waals surface area contributed by atoms with Gasteiger partial charge in [0.25, 0.3) is 0 Å². The van der Waals surface area contributed by atoms with Crippen LogP contribution in [-0.2, 0) is 19.2 Å². The number of aliphatic carboxylic acids is 1. The van der Waals surface area contributed by atoms with E-state index >= 15 is 0 Å². The van der Waals surface area contributed by atoms with E-state index in [9.17, 15) is 19.2 Å². The predicted octanol–water partition coefficient (Wildman–Crippen LogP) is 0.476. The molecule has 116 valence electrons. The second-order valence-electron chi connectivity index (χ2n) is 4.02. The Morgan fingerprint density at radius 2 is 1.45 bits per heavy atom. The number of carboxylic acids is 1. The first-order valence-corrected chi connectivity index (χ1v) is 6.56. The summed E-state index contributed by atoms with van der Waals surface area (Å²) in [6.45, 7) is 8.16. The van der Waals surface area contributed by atoms with Crippen LogP contribution in [0.2, 0.25) is 0 Å². The third-order valence-electron chi connectivity index (χ3n) is 2.25. The minimum atomic E-state index is -1.14. The quantitative estimate of drug-likeness (QED) is 0.630. The molecule has 0 heterocycles. The van der Waals surface area contributed by atoms with Gasteiger partial charge in [0, 0.05) is 19.8 Å². The molecule has 0 spiro atoms. The van der Waals surface area contributed by atoms with Gasteiger partial charge < -0.3 is 15.7 Å². The van der Waals surface area contributed by atoms with Gasteiger partial charge in [-0.15, -0.1) is 0 Å². The molecule has 0 aliphatic rings. The number of hydrogen-bond acceptors (Lipinski definition) is 4. The molecule has 0 aromatic heterocycles. The number of amides is 2. The van der Waals surface area contributed by atoms with E-state index < -0.39 is 24.0 Å². The monoisotopic (exact) mass is 288 g/mol. The van der Waals surface area contributed by atoms with Crippen LogP contribution in [-0.4, -0.2) is 40.8 Å². The summed E-state index contributed by atoms with van der Waals surface area (Å²) in [6, 6.07) is -1.63. The van der Waals surface area contributed by atoms with E-state index in [0.717, 1.165) is 0 Å². The molecular formula is C13H24N2O5. The summed E-state index contributed by atoms with van der Waals surface area (Å²) >= 11 is 0. The highest BCUT2D eigenvalue weighted by molar-refractivity contribution is 5.91. The molecule has 0 aliphatic heterocycles. The topological polar surface area (TPSA) is 113 Å². The van der Waals surface area contributed by atoms with Crippen molar-refractivity contribution in [1.29, 1.82) is 0 Å². The summed E-state index contributed by atoms with van der Waals surface area (Å²) in [5.41, 5.74) is 0. The lowest BCUT2D eigenvalue weighted by Crippen LogP contribution is -2.40. The van der Waals surface area contributed by atoms with Crippen LogP contribution in [0.15, 0.2) is 0 Å². The number of carbonyl (C=O) groups is 4. The summed E-state index contributed by atoms with van der Waals surface area (Å²) in [5, 5.41) is 13.2. The molecule has 2 atom stereocenters. The SMILES string of the molecule is CC.CC(=O)N[C@@H](C)C(=O)CCC(=O)N[C@@H](C)C(=O)O. The van der Waals surface area contributed by atoms with Gasteiger partial charge in [-0.3, -0.25) is 19.2 Å². The average Bonchev–Trinajstić information content (AvgIpc) is 2.37. The maximum Gasteiger partial charge on any atom is 0.325 e. The van der Waals surface area contributed by atoms with Crippen molar-refractivity contribution in [2.75, 3.05) is 0 Å². The van der Waals surface area contributed by atoms with E-state index in [2.05, 4.69) is 10.6 Å². The number of nitrogens with one attached hydrogen (secondary N) is 2. The number of carbonyl (C=O) groups excluding carboxylic acids is 3. The van der Waals surface area contributed by atoms with Gasteiger partial charge in [-0.05, 0) is 13.8 Å². The molecule has 7 nitrogen and oxygen atoms in total. The first-order chi connectivity index (χ1) is 9.23. The van der Waals surface area contributed by atoms with Crippen LogP contribution in [0.25, 0.3) is 0 Å². The second kappa shape index (κ2) is 11.0. The maximum absolute atomic E-state index is 11.5. The molecule has 0 rings (SSSR count). The summed E-state index contributed by atoms with van der Waals surface area (Å²) < 4.78 is 0. The largest absolute Gasteiger partial charge is 0.480 e. The fourth-order valence-electron chi connectivity index (χ4n) is 1.21. The van der Waals surface area contributed by atoms with E-state index in [4.69, 9.17) is 5.11 Å². The Kier molecular flexibility index (Phi) is 11.2. The van der Waals surface area contributed by atoms with E-state index in [1.54, 1.807) is 0 Å². The smallest absolute Gasteiger partial charge is 0.325 e. The molecule has 0 radical (unpaired) electrons. The Labute approximate surface area is 119 Å². The third kappa shape index (κ3) is 10.0. The van der Waals surface area contributed by atoms with Gasteiger partial charge in [0.2, 0.25) is 11.8 Å². The fourth-order valence-corrected chi connectivity index (χ4v) is 1.21. The van der Waals surface area contributed by atoms with Crippen molar-refractivity contribution in [3.8, 4) is 0 Å². The van der Waals surface area contributed by atoms with E-state index in [1.807, 2.05) is 13.8 Å². The molecule has 0 bridgehead atoms. The van der Waals surface area contributed by atoms with Gasteiger partial charge in [0.1, 0.15) is 6.04 Å². The Morgan fingerprint density at radius 1 is 0.950 bits per heavy atom. The van der Waals surface area contributed by atoms with Crippen LogP contribution in [0.3, 0.4) is 0 Å². The van der Waals surface area contributed by atoms with Crippen LogP contribution in [0, 0.1) is 0 Å². The van der Waals surface area contributed by atoms with Gasteiger partial charge in [0.15, 0.2) is 5.78 Å². The van der Waals surface area contributed by atoms with Crippen molar-refractivity contribution in [1.82, 2.24) is 10.6 Å². The van der Waals surface area contributed by atoms with Crippen LogP contribution in [0.5, 0.6) is 0 Å². The molecule has 2 amide bonds. The Hall–Kier alpha value is -1.92. The molecule has 0 fully saturated rings. The van der Waals surface area contributed by atoms with Crippen molar-refractivity contribution in [3.63, 3.8) is 0 Å². The van der Waals surface area contributed by atoms with Gasteiger partial charge >= 0.3 is 5.97 Å². The van der Waals surface area contributed by atoms with Crippen molar-refractivity contribution in [2.45, 2.75) is 59.5 Å². The second-order valence-corrected chi connectivity index (χ2v) is 4.02. The summed E-state index contributed by atoms with van der Waals surface area (Å²) in [7, 11) is 0. The zero-order valence-corrected chi connectivity index (χ0v) is 12.6. The van der Waals surface area contributed by atoms with Gasteiger partial charge in [0.05, 0.1) is 6.04 Å². The molecule has 7 heteroatoms. The summed E-state index contributed by atoms with van der Waals surface area (Å²) in [6.07, 6.45) is -0.139. The van der Waals surface area contributed by atoms with E-state index in [0.29, 0.717) is 0 Å². The minimum absolute atomic E-state index is 0.0420. The first kappa shape index (κ1) is 20.4. The number of carboxylic acid groups (broad SMARTS) is 1. The lowest BCUT2D eigenvalue weighted by atomic mass is 10.1. The fraction of sp³-hybridized carbons (Fsp3) is 0.692. The predicted molar refractivity (Wildman–Crippen MR) is 74.1 cm³/mol. The molecule has 0 aliphatic carbocycles. The Balaban J connectivity index is 0. The standard InChI is InChI=1S/C11H18N2O5.C2H6/c1-6(12-8(3)14)9(15)4-5-10(16)13-7(2)11(17)18;1-2/h6-7H,4-5H2,1-3H3,(H,12,14)(H,13,16)(H,17,18);1-2H3/t6-,7-;/m0./s1. The summed E-state index contributed by atoms with van der Waals surface area (Å²) in [5.74, 6) is -2.24. The molecule has 0 aromatic carbocycles. The first-order valence-electron chi connectivity index (χ1n) is 6.56. The molecule has 20 heavy (non-hydrogen) atoms. The highest BCUT2D eigenvalue weighted by atomic mass is 16.4. The number of rotatable bonds is 7. The molecular weight excluding hydrogens is 264 g/mol. The van der Waals surface area contributed by atoms with Crippen molar-refractivity contribution >= 4 is 23.6 Å². The van der Waals surface area contributed by atoms with E-state index in [-0.39, 0.29) is 24.5 Å². The number of Topliss-reactive ketones (excluding diaryl/α,β-unsaturated/α-hetero) is 1. The van der Waals surface area contributed by atoms with Crippen LogP contribution in [0.4, 0.5) is 0 Å². The normalized spacial score (nSPS) is 12.2. The zero-order chi connectivity index (χ0) is 16.3. The minimum Gasteiger partial charge on any atom is -0.480 e. The van der Waals surface area contributed by atoms with Gasteiger partial charge in [-0.2, -0.15) is 0 Å². The lowest BCUT2D eigenvalue weighted by Gasteiger charge is -2.12. The highest BCUT2D eigenvalue weighted by Crippen LogP contribution is 1.97. The van der Waals surface area contributed by atoms with Gasteiger partial charge in [-0.25, -0.2) is 0 Å². The zero-order valence-electron chi connectivity index (χ0n) is 12.6. The maximum atomic E-state index is 11.5. The third-order valence-corrected chi connectivity index (χ3v) is 2.25. The molecule has 0 saturated heterocycles. The Bertz CT molecular complexity index is 355.